The van der Waals surface area contributed by atoms with E-state index in [1.807, 2.05) is 6.07 Å². The van der Waals surface area contributed by atoms with E-state index in [9.17, 15) is 5.11 Å². The van der Waals surface area contributed by atoms with Crippen LogP contribution in [0, 0.1) is 11.8 Å². The third-order valence-corrected chi connectivity index (χ3v) is 4.11. The summed E-state index contributed by atoms with van der Waals surface area (Å²) >= 11 is 5.23. The lowest BCUT2D eigenvalue weighted by Gasteiger charge is -2.20. The number of allylic oxidation sites excluding steroid dienone is 1. The van der Waals surface area contributed by atoms with Crippen molar-refractivity contribution in [2.75, 3.05) is 0 Å². The van der Waals surface area contributed by atoms with Crippen LogP contribution in [-0.2, 0) is 0 Å². The minimum atomic E-state index is 0.204. The number of thiocarbonyl (C=S) groups is 1. The van der Waals surface area contributed by atoms with Gasteiger partial charge in [0.05, 0.1) is 6.21 Å². The fraction of sp³-hybridized carbons (Fsp3) is 0.333. The number of benzene rings is 1. The largest absolute Gasteiger partial charge is 0.507 e. The number of aromatic hydroxyl groups is 1. The van der Waals surface area contributed by atoms with Crippen LogP contribution in [0.2, 0.25) is 0 Å². The van der Waals surface area contributed by atoms with E-state index < -0.39 is 0 Å². The zero-order valence-electron chi connectivity index (χ0n) is 11.0. The van der Waals surface area contributed by atoms with E-state index in [0.717, 1.165) is 6.42 Å². The predicted octanol–water partition coefficient (Wildman–Crippen LogP) is 2.15. The molecule has 3 N–H and O–H groups in total. The van der Waals surface area contributed by atoms with E-state index in [1.54, 1.807) is 24.4 Å². The number of para-hydroxylation sites is 1. The molecule has 2 aliphatic rings. The number of hydrazone groups is 1. The fourth-order valence-corrected chi connectivity index (χ4v) is 3.11. The van der Waals surface area contributed by atoms with Gasteiger partial charge in [-0.15, -0.1) is 0 Å². The van der Waals surface area contributed by atoms with Crippen LogP contribution in [0.1, 0.15) is 18.4 Å². The molecule has 2 aliphatic carbocycles. The van der Waals surface area contributed by atoms with Crippen LogP contribution in [-0.4, -0.2) is 22.5 Å². The summed E-state index contributed by atoms with van der Waals surface area (Å²) in [6.45, 7) is 0. The van der Waals surface area contributed by atoms with Gasteiger partial charge in [0.25, 0.3) is 0 Å². The molecule has 0 heterocycles. The maximum absolute atomic E-state index is 9.60. The van der Waals surface area contributed by atoms with Gasteiger partial charge in [-0.05, 0) is 49.0 Å². The molecule has 0 aliphatic heterocycles. The van der Waals surface area contributed by atoms with Crippen molar-refractivity contribution in [3.63, 3.8) is 0 Å². The van der Waals surface area contributed by atoms with Gasteiger partial charge in [-0.1, -0.05) is 24.3 Å². The van der Waals surface area contributed by atoms with Crippen LogP contribution in [0.3, 0.4) is 0 Å². The number of hydrogen-bond acceptors (Lipinski definition) is 3. The molecule has 3 rings (SSSR count). The lowest BCUT2D eigenvalue weighted by Crippen LogP contribution is -2.42. The van der Waals surface area contributed by atoms with Gasteiger partial charge in [-0.25, -0.2) is 0 Å². The Bertz CT molecular complexity index is 570. The van der Waals surface area contributed by atoms with Crippen LogP contribution in [0.5, 0.6) is 5.75 Å². The van der Waals surface area contributed by atoms with E-state index in [0.29, 0.717) is 28.6 Å². The summed E-state index contributed by atoms with van der Waals surface area (Å²) in [5.74, 6) is 1.52. The summed E-state index contributed by atoms with van der Waals surface area (Å²) in [4.78, 5) is 0. The molecule has 5 heteroatoms. The maximum atomic E-state index is 9.60. The number of phenolic OH excluding ortho intramolecular Hbond substituents is 1. The third kappa shape index (κ3) is 2.82. The van der Waals surface area contributed by atoms with E-state index in [1.165, 1.54) is 6.42 Å². The van der Waals surface area contributed by atoms with Gasteiger partial charge >= 0.3 is 0 Å². The lowest BCUT2D eigenvalue weighted by atomic mass is 10.0. The zero-order chi connectivity index (χ0) is 13.9. The van der Waals surface area contributed by atoms with Crippen molar-refractivity contribution in [3.8, 4) is 5.75 Å². The number of fused-ring (bicyclic) bond motifs is 2. The minimum absolute atomic E-state index is 0.204. The van der Waals surface area contributed by atoms with Gasteiger partial charge in [-0.3, -0.25) is 5.43 Å². The quantitative estimate of drug-likeness (QED) is 0.345. The molecule has 0 aromatic heterocycles. The smallest absolute Gasteiger partial charge is 0.187 e. The molecule has 1 fully saturated rings. The first-order chi connectivity index (χ1) is 9.72. The van der Waals surface area contributed by atoms with Crippen molar-refractivity contribution in [1.82, 2.24) is 10.7 Å². The Morgan fingerprint density at radius 3 is 2.85 bits per heavy atom. The second-order valence-electron chi connectivity index (χ2n) is 5.29. The van der Waals surface area contributed by atoms with Crippen molar-refractivity contribution >= 4 is 23.5 Å². The third-order valence-electron chi connectivity index (χ3n) is 3.90. The van der Waals surface area contributed by atoms with E-state index in [2.05, 4.69) is 28.0 Å². The first-order valence-corrected chi connectivity index (χ1v) is 7.19. The Labute approximate surface area is 123 Å². The normalized spacial score (nSPS) is 27.1. The van der Waals surface area contributed by atoms with Gasteiger partial charge in [0, 0.05) is 11.6 Å². The Balaban J connectivity index is 1.50. The average Bonchev–Trinajstić information content (AvgIpc) is 3.03. The lowest BCUT2D eigenvalue weighted by molar-refractivity contribution is 0.474. The highest BCUT2D eigenvalue weighted by atomic mass is 32.1. The first-order valence-electron chi connectivity index (χ1n) is 6.78. The van der Waals surface area contributed by atoms with E-state index in [4.69, 9.17) is 12.2 Å². The highest BCUT2D eigenvalue weighted by molar-refractivity contribution is 7.80. The number of nitrogens with one attached hydrogen (secondary N) is 2. The van der Waals surface area contributed by atoms with Gasteiger partial charge in [0.15, 0.2) is 5.11 Å². The molecule has 0 amide bonds. The van der Waals surface area contributed by atoms with Gasteiger partial charge < -0.3 is 10.4 Å². The van der Waals surface area contributed by atoms with E-state index >= 15 is 0 Å². The van der Waals surface area contributed by atoms with Crippen LogP contribution in [0.25, 0.3) is 0 Å². The fourth-order valence-electron chi connectivity index (χ4n) is 2.90. The number of rotatable bonds is 3. The zero-order valence-corrected chi connectivity index (χ0v) is 11.8. The van der Waals surface area contributed by atoms with Crippen LogP contribution in [0.4, 0.5) is 0 Å². The van der Waals surface area contributed by atoms with Crippen molar-refractivity contribution in [2.24, 2.45) is 16.9 Å². The summed E-state index contributed by atoms with van der Waals surface area (Å²) in [6.07, 6.45) is 8.52. The molecule has 0 unspecified atom stereocenters. The van der Waals surface area contributed by atoms with Gasteiger partial charge in [0.1, 0.15) is 5.75 Å². The molecule has 4 nitrogen and oxygen atoms in total. The van der Waals surface area contributed by atoms with Crippen LogP contribution >= 0.6 is 12.2 Å². The summed E-state index contributed by atoms with van der Waals surface area (Å²) < 4.78 is 0. The molecule has 1 aromatic carbocycles. The number of nitrogens with zero attached hydrogens (tertiary/aromatic N) is 1. The molecule has 0 spiro atoms. The Kier molecular flexibility index (Phi) is 3.69. The molecule has 104 valence electrons. The summed E-state index contributed by atoms with van der Waals surface area (Å²) in [5, 5.41) is 17.5. The number of phenols is 1. The molecule has 20 heavy (non-hydrogen) atoms. The van der Waals surface area contributed by atoms with Crippen molar-refractivity contribution in [2.45, 2.75) is 18.9 Å². The summed E-state index contributed by atoms with van der Waals surface area (Å²) in [7, 11) is 0. The topological polar surface area (TPSA) is 56.7 Å². The maximum Gasteiger partial charge on any atom is 0.187 e. The molecular weight excluding hydrogens is 270 g/mol. The molecule has 2 bridgehead atoms. The van der Waals surface area contributed by atoms with E-state index in [-0.39, 0.29) is 5.75 Å². The second-order valence-corrected chi connectivity index (χ2v) is 5.70. The van der Waals surface area contributed by atoms with Crippen molar-refractivity contribution in [1.29, 1.82) is 0 Å². The molecule has 0 radical (unpaired) electrons. The number of hydrogen-bond donors (Lipinski definition) is 3. The van der Waals surface area contributed by atoms with Crippen LogP contribution in [0.15, 0.2) is 41.5 Å². The molecule has 1 aromatic rings. The minimum Gasteiger partial charge on any atom is -0.507 e. The predicted molar refractivity (Wildman–Crippen MR) is 83.7 cm³/mol. The summed E-state index contributed by atoms with van der Waals surface area (Å²) in [6, 6.07) is 7.45. The van der Waals surface area contributed by atoms with Crippen molar-refractivity contribution in [3.05, 3.63) is 42.0 Å². The SMILES string of the molecule is Oc1ccccc1/C=N/NC(=S)N[C@H]1C[C@@H]2C=C[C@H]1C2. The monoisotopic (exact) mass is 287 g/mol. The van der Waals surface area contributed by atoms with Crippen molar-refractivity contribution < 1.29 is 5.11 Å². The average molecular weight is 287 g/mol. The Hall–Kier alpha value is -1.88. The highest BCUT2D eigenvalue weighted by Gasteiger charge is 2.35. The second kappa shape index (κ2) is 5.63. The molecule has 1 saturated carbocycles. The Morgan fingerprint density at radius 2 is 2.15 bits per heavy atom. The van der Waals surface area contributed by atoms with Gasteiger partial charge in [-0.2, -0.15) is 5.10 Å². The first kappa shape index (κ1) is 13.1. The highest BCUT2D eigenvalue weighted by Crippen LogP contribution is 2.38. The molecule has 3 atom stereocenters. The summed E-state index contributed by atoms with van der Waals surface area (Å²) in [5.41, 5.74) is 3.46. The molecule has 0 saturated heterocycles. The standard InChI is InChI=1S/C15H17N3OS/c19-14-4-2-1-3-12(14)9-16-18-15(20)17-13-8-10-5-6-11(13)7-10/h1-6,9-11,13,19H,7-8H2,(H2,17,18,20)/b16-9+/t10-,11+,13+/m1/s1. The molecular formula is C15H17N3OS. The van der Waals surface area contributed by atoms with Crippen LogP contribution < -0.4 is 10.7 Å². The Morgan fingerprint density at radius 1 is 1.30 bits per heavy atom. The van der Waals surface area contributed by atoms with Gasteiger partial charge in [0.2, 0.25) is 0 Å².